The van der Waals surface area contributed by atoms with E-state index in [4.69, 9.17) is 0 Å². The summed E-state index contributed by atoms with van der Waals surface area (Å²) in [4.78, 5) is 27.8. The van der Waals surface area contributed by atoms with Crippen LogP contribution < -0.4 is 5.56 Å². The zero-order valence-corrected chi connectivity index (χ0v) is 11.2. The Bertz CT molecular complexity index is 472. The van der Waals surface area contributed by atoms with Gasteiger partial charge in [-0.15, -0.1) is 0 Å². The minimum atomic E-state index is -0.238. The normalized spacial score (nSPS) is 24.0. The van der Waals surface area contributed by atoms with E-state index in [-0.39, 0.29) is 17.5 Å². The molecule has 2 atom stereocenters. The van der Waals surface area contributed by atoms with Crippen LogP contribution in [0.25, 0.3) is 0 Å². The van der Waals surface area contributed by atoms with E-state index < -0.39 is 0 Å². The van der Waals surface area contributed by atoms with Crippen LogP contribution in [-0.4, -0.2) is 33.7 Å². The fourth-order valence-corrected chi connectivity index (χ4v) is 3.23. The third-order valence-electron chi connectivity index (χ3n) is 3.32. The highest BCUT2D eigenvalue weighted by molar-refractivity contribution is 9.09. The van der Waals surface area contributed by atoms with Gasteiger partial charge >= 0.3 is 0 Å². The summed E-state index contributed by atoms with van der Waals surface area (Å²) in [5.74, 6) is 0.449. The Morgan fingerprint density at radius 3 is 3.06 bits per heavy atom. The Balaban J connectivity index is 2.23. The summed E-state index contributed by atoms with van der Waals surface area (Å²) in [5.41, 5.74) is 0.229. The van der Waals surface area contributed by atoms with Gasteiger partial charge in [0.15, 0.2) is 0 Å². The van der Waals surface area contributed by atoms with Gasteiger partial charge in [-0.2, -0.15) is 0 Å². The molecular formula is C12H15BrN2O2. The predicted octanol–water partition coefficient (Wildman–Crippen LogP) is 1.62. The quantitative estimate of drug-likeness (QED) is 0.844. The first kappa shape index (κ1) is 12.4. The van der Waals surface area contributed by atoms with Crippen LogP contribution in [0.2, 0.25) is 0 Å². The molecule has 0 spiro atoms. The molecule has 0 aromatic carbocycles. The number of likely N-dealkylation sites (tertiary alicyclic amines) is 1. The summed E-state index contributed by atoms with van der Waals surface area (Å²) in [7, 11) is 0. The van der Waals surface area contributed by atoms with E-state index in [1.165, 1.54) is 12.3 Å². The highest BCUT2D eigenvalue weighted by Gasteiger charge is 2.33. The number of H-pyrrole nitrogens is 1. The van der Waals surface area contributed by atoms with Gasteiger partial charge in [-0.25, -0.2) is 0 Å². The van der Waals surface area contributed by atoms with Crippen molar-refractivity contribution < 1.29 is 4.79 Å². The molecule has 1 aliphatic heterocycles. The molecule has 2 unspecified atom stereocenters. The molecular weight excluding hydrogens is 284 g/mol. The van der Waals surface area contributed by atoms with Gasteiger partial charge in [0.2, 0.25) is 5.56 Å². The second-order valence-corrected chi connectivity index (χ2v) is 5.08. The SMILES string of the molecule is CC1CCN(C(=O)c2cc[nH]c(=O)c2)C1CBr. The van der Waals surface area contributed by atoms with Crippen LogP contribution in [0.4, 0.5) is 0 Å². The zero-order valence-electron chi connectivity index (χ0n) is 9.65. The van der Waals surface area contributed by atoms with Gasteiger partial charge in [-0.1, -0.05) is 22.9 Å². The van der Waals surface area contributed by atoms with Crippen molar-refractivity contribution in [2.45, 2.75) is 19.4 Å². The maximum atomic E-state index is 12.3. The standard InChI is InChI=1S/C12H15BrN2O2/c1-8-3-5-15(10(8)7-13)12(17)9-2-4-14-11(16)6-9/h2,4,6,8,10H,3,5,7H2,1H3,(H,14,16). The van der Waals surface area contributed by atoms with Crippen molar-refractivity contribution in [1.29, 1.82) is 0 Å². The van der Waals surface area contributed by atoms with Crippen LogP contribution in [0.15, 0.2) is 23.1 Å². The minimum absolute atomic E-state index is 0.0510. The second kappa shape index (κ2) is 5.04. The third-order valence-corrected chi connectivity index (χ3v) is 3.99. The third kappa shape index (κ3) is 2.44. The average Bonchev–Trinajstić information content (AvgIpc) is 2.69. The lowest BCUT2D eigenvalue weighted by molar-refractivity contribution is 0.0738. The Morgan fingerprint density at radius 1 is 1.65 bits per heavy atom. The molecule has 1 aliphatic rings. The average molecular weight is 299 g/mol. The Hall–Kier alpha value is -1.10. The van der Waals surface area contributed by atoms with E-state index in [0.717, 1.165) is 18.3 Å². The molecule has 0 radical (unpaired) electrons. The number of carbonyl (C=O) groups excluding carboxylic acids is 1. The van der Waals surface area contributed by atoms with Crippen LogP contribution in [-0.2, 0) is 0 Å². The molecule has 0 bridgehead atoms. The number of aromatic nitrogens is 1. The van der Waals surface area contributed by atoms with E-state index in [2.05, 4.69) is 27.8 Å². The van der Waals surface area contributed by atoms with E-state index >= 15 is 0 Å². The van der Waals surface area contributed by atoms with Crippen molar-refractivity contribution in [2.75, 3.05) is 11.9 Å². The molecule has 1 aromatic heterocycles. The maximum absolute atomic E-state index is 12.3. The van der Waals surface area contributed by atoms with Crippen molar-refractivity contribution in [2.24, 2.45) is 5.92 Å². The van der Waals surface area contributed by atoms with Crippen molar-refractivity contribution >= 4 is 21.8 Å². The van der Waals surface area contributed by atoms with Gasteiger partial charge in [0.25, 0.3) is 5.91 Å². The molecule has 92 valence electrons. The van der Waals surface area contributed by atoms with Gasteiger partial charge in [0, 0.05) is 35.7 Å². The summed E-state index contributed by atoms with van der Waals surface area (Å²) in [6.07, 6.45) is 2.53. The fourth-order valence-electron chi connectivity index (χ4n) is 2.24. The van der Waals surface area contributed by atoms with Gasteiger partial charge in [0.05, 0.1) is 0 Å². The van der Waals surface area contributed by atoms with Crippen LogP contribution in [0.1, 0.15) is 23.7 Å². The minimum Gasteiger partial charge on any atom is -0.335 e. The topological polar surface area (TPSA) is 53.2 Å². The lowest BCUT2D eigenvalue weighted by Gasteiger charge is -2.25. The molecule has 2 heterocycles. The first-order valence-corrected chi connectivity index (χ1v) is 6.81. The summed E-state index contributed by atoms with van der Waals surface area (Å²) < 4.78 is 0. The number of pyridine rings is 1. The van der Waals surface area contributed by atoms with Crippen LogP contribution in [0, 0.1) is 5.92 Å². The van der Waals surface area contributed by atoms with Crippen LogP contribution in [0.3, 0.4) is 0 Å². The molecule has 1 amide bonds. The molecule has 0 aliphatic carbocycles. The van der Waals surface area contributed by atoms with E-state index in [1.807, 2.05) is 4.90 Å². The van der Waals surface area contributed by atoms with Gasteiger partial charge in [-0.3, -0.25) is 9.59 Å². The highest BCUT2D eigenvalue weighted by atomic mass is 79.9. The Kier molecular flexibility index (Phi) is 3.66. The lowest BCUT2D eigenvalue weighted by Crippen LogP contribution is -2.38. The number of hydrogen-bond acceptors (Lipinski definition) is 2. The summed E-state index contributed by atoms with van der Waals surface area (Å²) >= 11 is 3.45. The van der Waals surface area contributed by atoms with E-state index in [0.29, 0.717) is 11.5 Å². The number of amides is 1. The van der Waals surface area contributed by atoms with E-state index in [9.17, 15) is 9.59 Å². The molecule has 17 heavy (non-hydrogen) atoms. The smallest absolute Gasteiger partial charge is 0.254 e. The zero-order chi connectivity index (χ0) is 12.4. The number of alkyl halides is 1. The van der Waals surface area contributed by atoms with Crippen molar-refractivity contribution in [3.05, 3.63) is 34.2 Å². The maximum Gasteiger partial charge on any atom is 0.254 e. The van der Waals surface area contributed by atoms with Gasteiger partial charge in [-0.05, 0) is 18.4 Å². The number of nitrogens with zero attached hydrogens (tertiary/aromatic N) is 1. The van der Waals surface area contributed by atoms with Crippen molar-refractivity contribution in [1.82, 2.24) is 9.88 Å². The predicted molar refractivity (Wildman–Crippen MR) is 69.5 cm³/mol. The number of nitrogens with one attached hydrogen (secondary N) is 1. The van der Waals surface area contributed by atoms with Crippen LogP contribution >= 0.6 is 15.9 Å². The first-order valence-electron chi connectivity index (χ1n) is 5.69. The number of hydrogen-bond donors (Lipinski definition) is 1. The molecule has 0 saturated carbocycles. The summed E-state index contributed by atoms with van der Waals surface area (Å²) in [5, 5.41) is 0.781. The lowest BCUT2D eigenvalue weighted by atomic mass is 10.0. The Labute approximate surface area is 108 Å². The highest BCUT2D eigenvalue weighted by Crippen LogP contribution is 2.26. The molecule has 1 fully saturated rings. The van der Waals surface area contributed by atoms with E-state index in [1.54, 1.807) is 6.07 Å². The molecule has 2 rings (SSSR count). The monoisotopic (exact) mass is 298 g/mol. The van der Waals surface area contributed by atoms with Gasteiger partial charge in [0.1, 0.15) is 0 Å². The number of aromatic amines is 1. The van der Waals surface area contributed by atoms with Gasteiger partial charge < -0.3 is 9.88 Å². The molecule has 1 N–H and O–H groups in total. The molecule has 1 saturated heterocycles. The first-order chi connectivity index (χ1) is 8.13. The number of carbonyl (C=O) groups is 1. The van der Waals surface area contributed by atoms with Crippen molar-refractivity contribution in [3.8, 4) is 0 Å². The fraction of sp³-hybridized carbons (Fsp3) is 0.500. The largest absolute Gasteiger partial charge is 0.335 e. The second-order valence-electron chi connectivity index (χ2n) is 4.43. The molecule has 4 nitrogen and oxygen atoms in total. The number of halogens is 1. The molecule has 1 aromatic rings. The summed E-state index contributed by atoms with van der Waals surface area (Å²) in [6, 6.07) is 3.23. The Morgan fingerprint density at radius 2 is 2.41 bits per heavy atom. The summed E-state index contributed by atoms with van der Waals surface area (Å²) in [6.45, 7) is 2.92. The number of rotatable bonds is 2. The van der Waals surface area contributed by atoms with Crippen molar-refractivity contribution in [3.63, 3.8) is 0 Å². The van der Waals surface area contributed by atoms with Crippen LogP contribution in [0.5, 0.6) is 0 Å². The molecule has 5 heteroatoms.